The van der Waals surface area contributed by atoms with E-state index in [0.717, 1.165) is 5.56 Å². The number of hydrogen-bond acceptors (Lipinski definition) is 2. The van der Waals surface area contributed by atoms with Gasteiger partial charge >= 0.3 is 0 Å². The van der Waals surface area contributed by atoms with Crippen LogP contribution in [-0.2, 0) is 11.3 Å². The Hall–Kier alpha value is -2.07. The largest absolute Gasteiger partial charge is 0.479 e. The molecule has 0 aromatic heterocycles. The van der Waals surface area contributed by atoms with Crippen LogP contribution in [0.3, 0.4) is 0 Å². The van der Waals surface area contributed by atoms with Gasteiger partial charge in [0.15, 0.2) is 6.10 Å². The minimum Gasteiger partial charge on any atom is -0.479 e. The second-order valence-corrected chi connectivity index (χ2v) is 5.36. The zero-order valence-electron chi connectivity index (χ0n) is 11.3. The van der Waals surface area contributed by atoms with E-state index in [1.54, 1.807) is 42.2 Å². The van der Waals surface area contributed by atoms with Gasteiger partial charge in [0.25, 0.3) is 5.91 Å². The molecule has 5 heteroatoms. The van der Waals surface area contributed by atoms with Crippen LogP contribution in [-0.4, -0.2) is 12.0 Å². The first-order valence-electron chi connectivity index (χ1n) is 6.56. The Kier molecular flexibility index (Phi) is 3.55. The van der Waals surface area contributed by atoms with Crippen LogP contribution in [0.15, 0.2) is 42.5 Å². The minimum absolute atomic E-state index is 0.144. The molecule has 0 saturated heterocycles. The summed E-state index contributed by atoms with van der Waals surface area (Å²) in [5.74, 6) is 0.173. The quantitative estimate of drug-likeness (QED) is 0.845. The van der Waals surface area contributed by atoms with Crippen LogP contribution in [0, 0.1) is 5.82 Å². The first-order chi connectivity index (χ1) is 10.0. The van der Waals surface area contributed by atoms with E-state index >= 15 is 0 Å². The molecular formula is C16H13ClFNO2. The van der Waals surface area contributed by atoms with E-state index in [-0.39, 0.29) is 11.7 Å². The van der Waals surface area contributed by atoms with Gasteiger partial charge in [0.05, 0.1) is 12.2 Å². The number of fused-ring (bicyclic) bond motifs is 1. The summed E-state index contributed by atoms with van der Waals surface area (Å²) in [6.45, 7) is 2.05. The highest BCUT2D eigenvalue weighted by Gasteiger charge is 2.31. The van der Waals surface area contributed by atoms with Crippen molar-refractivity contribution in [1.82, 2.24) is 0 Å². The van der Waals surface area contributed by atoms with E-state index in [1.807, 2.05) is 0 Å². The standard InChI is InChI=1S/C16H13ClFNO2/c1-10-16(20)19(9-11-2-5-13(18)6-3-11)14-8-12(17)4-7-15(14)21-10/h2-8,10H,9H2,1H3. The number of halogens is 2. The molecule has 2 aromatic rings. The van der Waals surface area contributed by atoms with Crippen LogP contribution in [0.5, 0.6) is 5.75 Å². The van der Waals surface area contributed by atoms with E-state index in [4.69, 9.17) is 16.3 Å². The maximum Gasteiger partial charge on any atom is 0.268 e. The van der Waals surface area contributed by atoms with Crippen molar-refractivity contribution in [1.29, 1.82) is 0 Å². The van der Waals surface area contributed by atoms with Gasteiger partial charge in [0, 0.05) is 5.02 Å². The zero-order chi connectivity index (χ0) is 15.0. The lowest BCUT2D eigenvalue weighted by atomic mass is 10.1. The Bertz CT molecular complexity index is 687. The maximum absolute atomic E-state index is 13.0. The predicted molar refractivity (Wildman–Crippen MR) is 79.1 cm³/mol. The second-order valence-electron chi connectivity index (χ2n) is 4.92. The van der Waals surface area contributed by atoms with Gasteiger partial charge in [-0.3, -0.25) is 4.79 Å². The van der Waals surface area contributed by atoms with E-state index < -0.39 is 6.10 Å². The molecule has 0 bridgehead atoms. The molecule has 0 spiro atoms. The molecule has 0 N–H and O–H groups in total. The molecule has 3 rings (SSSR count). The van der Waals surface area contributed by atoms with Crippen LogP contribution >= 0.6 is 11.6 Å². The van der Waals surface area contributed by atoms with Gasteiger partial charge in [-0.1, -0.05) is 23.7 Å². The van der Waals surface area contributed by atoms with Crippen molar-refractivity contribution in [3.05, 3.63) is 58.9 Å². The Morgan fingerprint density at radius 3 is 2.67 bits per heavy atom. The summed E-state index contributed by atoms with van der Waals surface area (Å²) in [5.41, 5.74) is 1.47. The van der Waals surface area contributed by atoms with Gasteiger partial charge in [-0.15, -0.1) is 0 Å². The first kappa shape index (κ1) is 13.9. The summed E-state index contributed by atoms with van der Waals surface area (Å²) in [4.78, 5) is 14.0. The molecule has 1 aliphatic heterocycles. The molecule has 0 saturated carbocycles. The molecule has 21 heavy (non-hydrogen) atoms. The van der Waals surface area contributed by atoms with Crippen molar-refractivity contribution >= 4 is 23.2 Å². The minimum atomic E-state index is -0.556. The third-order valence-electron chi connectivity index (χ3n) is 3.38. The molecule has 1 amide bonds. The highest BCUT2D eigenvalue weighted by molar-refractivity contribution is 6.31. The number of hydrogen-bond donors (Lipinski definition) is 0. The highest BCUT2D eigenvalue weighted by atomic mass is 35.5. The smallest absolute Gasteiger partial charge is 0.268 e. The van der Waals surface area contributed by atoms with Gasteiger partial charge in [-0.2, -0.15) is 0 Å². The Labute approximate surface area is 126 Å². The summed E-state index contributed by atoms with van der Waals surface area (Å²) >= 11 is 6.01. The van der Waals surface area contributed by atoms with Gasteiger partial charge in [0.2, 0.25) is 0 Å². The monoisotopic (exact) mass is 305 g/mol. The number of anilines is 1. The SMILES string of the molecule is CC1Oc2ccc(Cl)cc2N(Cc2ccc(F)cc2)C1=O. The topological polar surface area (TPSA) is 29.5 Å². The van der Waals surface area contributed by atoms with Gasteiger partial charge in [0.1, 0.15) is 11.6 Å². The predicted octanol–water partition coefficient (Wildman–Crippen LogP) is 3.79. The maximum atomic E-state index is 13.0. The van der Waals surface area contributed by atoms with Gasteiger partial charge < -0.3 is 9.64 Å². The number of ether oxygens (including phenoxy) is 1. The summed E-state index contributed by atoms with van der Waals surface area (Å²) < 4.78 is 18.6. The lowest BCUT2D eigenvalue weighted by Crippen LogP contribution is -2.43. The Morgan fingerprint density at radius 1 is 1.24 bits per heavy atom. The molecule has 3 nitrogen and oxygen atoms in total. The van der Waals surface area contributed by atoms with Crippen molar-refractivity contribution in [2.75, 3.05) is 4.90 Å². The van der Waals surface area contributed by atoms with Crippen LogP contribution in [0.1, 0.15) is 12.5 Å². The number of carbonyl (C=O) groups excluding carboxylic acids is 1. The fourth-order valence-corrected chi connectivity index (χ4v) is 2.48. The molecule has 1 atom stereocenters. The number of rotatable bonds is 2. The van der Waals surface area contributed by atoms with Crippen molar-refractivity contribution in [2.24, 2.45) is 0 Å². The molecule has 0 aliphatic carbocycles. The molecule has 1 aliphatic rings. The molecule has 0 fully saturated rings. The number of carbonyl (C=O) groups is 1. The van der Waals surface area contributed by atoms with Crippen molar-refractivity contribution in [3.63, 3.8) is 0 Å². The second kappa shape index (κ2) is 5.37. The summed E-state index contributed by atoms with van der Waals surface area (Å²) in [6, 6.07) is 11.2. The number of nitrogens with zero attached hydrogens (tertiary/aromatic N) is 1. The summed E-state index contributed by atoms with van der Waals surface area (Å²) in [7, 11) is 0. The highest BCUT2D eigenvalue weighted by Crippen LogP contribution is 2.37. The average molecular weight is 306 g/mol. The third kappa shape index (κ3) is 2.72. The van der Waals surface area contributed by atoms with Crippen LogP contribution in [0.4, 0.5) is 10.1 Å². The fourth-order valence-electron chi connectivity index (χ4n) is 2.32. The molecular weight excluding hydrogens is 293 g/mol. The van der Waals surface area contributed by atoms with E-state index in [0.29, 0.717) is 23.0 Å². The lowest BCUT2D eigenvalue weighted by molar-refractivity contribution is -0.125. The summed E-state index contributed by atoms with van der Waals surface area (Å²) in [6.07, 6.45) is -0.556. The third-order valence-corrected chi connectivity index (χ3v) is 3.62. The van der Waals surface area contributed by atoms with E-state index in [1.165, 1.54) is 12.1 Å². The molecule has 1 unspecified atom stereocenters. The Morgan fingerprint density at radius 2 is 1.95 bits per heavy atom. The van der Waals surface area contributed by atoms with Crippen LogP contribution < -0.4 is 9.64 Å². The fraction of sp³-hybridized carbons (Fsp3) is 0.188. The van der Waals surface area contributed by atoms with Gasteiger partial charge in [-0.25, -0.2) is 4.39 Å². The Balaban J connectivity index is 1.98. The van der Waals surface area contributed by atoms with Crippen LogP contribution in [0.25, 0.3) is 0 Å². The van der Waals surface area contributed by atoms with Crippen LogP contribution in [0.2, 0.25) is 5.02 Å². The molecule has 0 radical (unpaired) electrons. The summed E-state index contributed by atoms with van der Waals surface area (Å²) in [5, 5.41) is 0.531. The van der Waals surface area contributed by atoms with Crippen molar-refractivity contribution in [2.45, 2.75) is 19.6 Å². The molecule has 1 heterocycles. The van der Waals surface area contributed by atoms with Crippen molar-refractivity contribution < 1.29 is 13.9 Å². The molecule has 2 aromatic carbocycles. The number of benzene rings is 2. The molecule has 108 valence electrons. The van der Waals surface area contributed by atoms with E-state index in [2.05, 4.69) is 0 Å². The average Bonchev–Trinajstić information content (AvgIpc) is 2.47. The first-order valence-corrected chi connectivity index (χ1v) is 6.94. The van der Waals surface area contributed by atoms with Gasteiger partial charge in [-0.05, 0) is 42.8 Å². The number of amides is 1. The zero-order valence-corrected chi connectivity index (χ0v) is 12.1. The van der Waals surface area contributed by atoms with Crippen molar-refractivity contribution in [3.8, 4) is 5.75 Å². The van der Waals surface area contributed by atoms with E-state index in [9.17, 15) is 9.18 Å². The normalized spacial score (nSPS) is 17.4. The lowest BCUT2D eigenvalue weighted by Gasteiger charge is -2.33.